The highest BCUT2D eigenvalue weighted by Crippen LogP contribution is 2.13. The lowest BCUT2D eigenvalue weighted by molar-refractivity contribution is 0.243. The number of nitrogens with one attached hydrogen (secondary N) is 3. The number of pyridine rings is 1. The Morgan fingerprint density at radius 2 is 1.78 bits per heavy atom. The van der Waals surface area contributed by atoms with Gasteiger partial charge in [-0.1, -0.05) is 63.6 Å². The first-order valence-electron chi connectivity index (χ1n) is 11.2. The van der Waals surface area contributed by atoms with Crippen molar-refractivity contribution in [1.29, 1.82) is 0 Å². The van der Waals surface area contributed by atoms with Crippen LogP contribution in [0.4, 0.5) is 16.3 Å². The van der Waals surface area contributed by atoms with Crippen molar-refractivity contribution in [1.82, 2.24) is 15.6 Å². The average Bonchev–Trinajstić information content (AvgIpc) is 2.81. The molecule has 1 heterocycles. The molecule has 0 saturated carbocycles. The normalized spacial score (nSPS) is 10.8. The zero-order chi connectivity index (χ0) is 23.6. The van der Waals surface area contributed by atoms with Gasteiger partial charge in [0.05, 0.1) is 5.69 Å². The number of anilines is 2. The van der Waals surface area contributed by atoms with Crippen LogP contribution in [0, 0.1) is 0 Å². The van der Waals surface area contributed by atoms with E-state index >= 15 is 0 Å². The third kappa shape index (κ3) is 10.6. The Morgan fingerprint density at radius 1 is 1.06 bits per heavy atom. The number of hydrazine groups is 1. The highest BCUT2D eigenvalue weighted by molar-refractivity contribution is 5.77. The number of amides is 2. The zero-order valence-corrected chi connectivity index (χ0v) is 19.8. The first kappa shape index (κ1) is 26.7. The third-order valence-corrected chi connectivity index (χ3v) is 4.01. The lowest BCUT2D eigenvalue weighted by atomic mass is 10.2. The lowest BCUT2D eigenvalue weighted by Gasteiger charge is -2.22. The van der Waals surface area contributed by atoms with Crippen molar-refractivity contribution in [2.75, 3.05) is 23.4 Å². The molecule has 32 heavy (non-hydrogen) atoms. The predicted octanol–water partition coefficient (Wildman–Crippen LogP) is 4.96. The molecule has 2 aromatic rings. The van der Waals surface area contributed by atoms with E-state index in [1.165, 1.54) is 11.4 Å². The number of aromatic nitrogens is 1. The highest BCUT2D eigenvalue weighted by atomic mass is 16.2. The summed E-state index contributed by atoms with van der Waals surface area (Å²) in [6.45, 7) is 9.60. The fourth-order valence-corrected chi connectivity index (χ4v) is 2.53. The van der Waals surface area contributed by atoms with Crippen LogP contribution in [-0.4, -0.2) is 24.1 Å². The van der Waals surface area contributed by atoms with Gasteiger partial charge in [0, 0.05) is 25.2 Å². The lowest BCUT2D eigenvalue weighted by Crippen LogP contribution is -2.44. The first-order chi connectivity index (χ1) is 15.5. The van der Waals surface area contributed by atoms with Crippen molar-refractivity contribution in [2.45, 2.75) is 47.0 Å². The van der Waals surface area contributed by atoms with E-state index < -0.39 is 0 Å². The molecule has 0 aliphatic heterocycles. The second kappa shape index (κ2) is 16.4. The van der Waals surface area contributed by atoms with Gasteiger partial charge in [0.2, 0.25) is 0 Å². The number of nitrogens with two attached hydrogens (primary N) is 1. The van der Waals surface area contributed by atoms with E-state index in [1.54, 1.807) is 6.08 Å². The second-order valence-corrected chi connectivity index (χ2v) is 7.06. The fourth-order valence-electron chi connectivity index (χ4n) is 2.53. The summed E-state index contributed by atoms with van der Waals surface area (Å²) in [5.41, 5.74) is 1.69. The summed E-state index contributed by atoms with van der Waals surface area (Å²) in [5.74, 6) is 7.50. The van der Waals surface area contributed by atoms with Gasteiger partial charge < -0.3 is 10.6 Å². The Labute approximate surface area is 192 Å². The molecule has 0 bridgehead atoms. The number of rotatable bonds is 10. The van der Waals surface area contributed by atoms with Crippen LogP contribution in [0.15, 0.2) is 72.6 Å². The largest absolute Gasteiger partial charge is 0.370 e. The molecule has 1 aromatic carbocycles. The molecule has 0 saturated heterocycles. The van der Waals surface area contributed by atoms with Crippen LogP contribution in [0.2, 0.25) is 0 Å². The van der Waals surface area contributed by atoms with Gasteiger partial charge in [-0.3, -0.25) is 10.3 Å². The summed E-state index contributed by atoms with van der Waals surface area (Å²) in [5, 5.41) is 10.4. The molecule has 5 N–H and O–H groups in total. The van der Waals surface area contributed by atoms with Crippen molar-refractivity contribution in [3.8, 4) is 0 Å². The predicted molar refractivity (Wildman–Crippen MR) is 135 cm³/mol. The molecule has 0 spiro atoms. The Morgan fingerprint density at radius 3 is 2.44 bits per heavy atom. The van der Waals surface area contributed by atoms with Crippen LogP contribution in [0.5, 0.6) is 0 Å². The Balaban J connectivity index is 0.00000161. The maximum Gasteiger partial charge on any atom is 0.320 e. The molecular formula is C25H38N6O. The van der Waals surface area contributed by atoms with E-state index in [0.29, 0.717) is 18.8 Å². The zero-order valence-electron chi connectivity index (χ0n) is 19.8. The summed E-state index contributed by atoms with van der Waals surface area (Å²) in [6.07, 6.45) is 8.35. The van der Waals surface area contributed by atoms with E-state index in [0.717, 1.165) is 30.2 Å². The number of carbonyl (C=O) groups is 1. The number of allylic oxidation sites excluding steroid dienone is 3. The Hall–Kier alpha value is -3.32. The van der Waals surface area contributed by atoms with Crippen molar-refractivity contribution in [3.05, 3.63) is 78.3 Å². The van der Waals surface area contributed by atoms with Crippen molar-refractivity contribution >= 4 is 17.5 Å². The van der Waals surface area contributed by atoms with Gasteiger partial charge in [0.1, 0.15) is 11.6 Å². The average molecular weight is 439 g/mol. The number of benzene rings is 1. The molecule has 0 atom stereocenters. The molecule has 0 radical (unpaired) electrons. The highest BCUT2D eigenvalue weighted by Gasteiger charge is 2.10. The van der Waals surface area contributed by atoms with E-state index in [2.05, 4.69) is 41.7 Å². The number of carbonyl (C=O) groups excluding carboxylic acids is 1. The van der Waals surface area contributed by atoms with Crippen LogP contribution >= 0.6 is 0 Å². The van der Waals surface area contributed by atoms with Gasteiger partial charge in [-0.15, -0.1) is 0 Å². The molecule has 2 amide bonds. The minimum atomic E-state index is -0.326. The third-order valence-electron chi connectivity index (χ3n) is 4.01. The molecule has 7 heteroatoms. The number of hydrogen-bond acceptors (Lipinski definition) is 5. The minimum Gasteiger partial charge on any atom is -0.370 e. The van der Waals surface area contributed by atoms with Gasteiger partial charge >= 0.3 is 6.03 Å². The molecule has 0 fully saturated rings. The maximum atomic E-state index is 12.3. The van der Waals surface area contributed by atoms with Crippen LogP contribution < -0.4 is 26.8 Å². The van der Waals surface area contributed by atoms with Gasteiger partial charge in [0.25, 0.3) is 0 Å². The SMILES string of the molecule is C/C=C\C=C(\NC(=O)NCCc1cccc(NCCC)n1)N(N)c1ccccc1.CCC. The van der Waals surface area contributed by atoms with Crippen molar-refractivity contribution in [3.63, 3.8) is 0 Å². The van der Waals surface area contributed by atoms with Gasteiger partial charge in [-0.2, -0.15) is 0 Å². The number of hydrogen-bond donors (Lipinski definition) is 4. The van der Waals surface area contributed by atoms with Gasteiger partial charge in [-0.25, -0.2) is 15.6 Å². The summed E-state index contributed by atoms with van der Waals surface area (Å²) >= 11 is 0. The monoisotopic (exact) mass is 438 g/mol. The molecule has 1 aromatic heterocycles. The Bertz CT molecular complexity index is 835. The molecule has 7 nitrogen and oxygen atoms in total. The number of para-hydroxylation sites is 1. The van der Waals surface area contributed by atoms with Crippen LogP contribution in [0.1, 0.15) is 46.2 Å². The quantitative estimate of drug-likeness (QED) is 0.239. The first-order valence-corrected chi connectivity index (χ1v) is 11.2. The second-order valence-electron chi connectivity index (χ2n) is 7.06. The van der Waals surface area contributed by atoms with E-state index in [9.17, 15) is 4.79 Å². The minimum absolute atomic E-state index is 0.326. The smallest absolute Gasteiger partial charge is 0.320 e. The van der Waals surface area contributed by atoms with E-state index in [-0.39, 0.29) is 6.03 Å². The summed E-state index contributed by atoms with van der Waals surface area (Å²) < 4.78 is 0. The maximum absolute atomic E-state index is 12.3. The van der Waals surface area contributed by atoms with E-state index in [1.807, 2.05) is 67.6 Å². The molecule has 0 unspecified atom stereocenters. The topological polar surface area (TPSA) is 95.3 Å². The summed E-state index contributed by atoms with van der Waals surface area (Å²) in [4.78, 5) is 16.9. The van der Waals surface area contributed by atoms with Gasteiger partial charge in [-0.05, 0) is 43.7 Å². The van der Waals surface area contributed by atoms with E-state index in [4.69, 9.17) is 5.84 Å². The standard InChI is InChI=1S/C22H30N6O.C3H8/c1-3-5-14-21(28(23)19-11-7-6-8-12-19)27-22(29)25-17-15-18-10-9-13-20(26-18)24-16-4-2;1-3-2/h3,5-14H,4,15-17,23H2,1-2H3,(H,24,26)(H2,25,27,29);3H2,1-2H3/b5-3-,21-14-;. The van der Waals surface area contributed by atoms with Gasteiger partial charge in [0.15, 0.2) is 0 Å². The molecular weight excluding hydrogens is 400 g/mol. The van der Waals surface area contributed by atoms with Crippen LogP contribution in [0.3, 0.4) is 0 Å². The summed E-state index contributed by atoms with van der Waals surface area (Å²) in [6, 6.07) is 15.0. The molecule has 2 rings (SSSR count). The van der Waals surface area contributed by atoms with Crippen LogP contribution in [-0.2, 0) is 6.42 Å². The Kier molecular flexibility index (Phi) is 13.7. The van der Waals surface area contributed by atoms with Crippen molar-refractivity contribution < 1.29 is 4.79 Å². The molecule has 0 aliphatic carbocycles. The number of urea groups is 1. The number of nitrogens with zero attached hydrogens (tertiary/aromatic N) is 2. The molecule has 174 valence electrons. The fraction of sp³-hybridized carbons (Fsp3) is 0.360. The summed E-state index contributed by atoms with van der Waals surface area (Å²) in [7, 11) is 0. The van der Waals surface area contributed by atoms with Crippen LogP contribution in [0.25, 0.3) is 0 Å². The molecule has 0 aliphatic rings. The van der Waals surface area contributed by atoms with Crippen molar-refractivity contribution in [2.24, 2.45) is 5.84 Å².